The molecule has 0 unspecified atom stereocenters. The maximum atomic E-state index is 13.0. The van der Waals surface area contributed by atoms with Gasteiger partial charge in [-0.15, -0.1) is 0 Å². The van der Waals surface area contributed by atoms with Crippen molar-refractivity contribution in [2.24, 2.45) is 5.92 Å². The van der Waals surface area contributed by atoms with Crippen molar-refractivity contribution >= 4 is 12.0 Å². The van der Waals surface area contributed by atoms with Crippen molar-refractivity contribution in [3.05, 3.63) is 0 Å². The summed E-state index contributed by atoms with van der Waals surface area (Å²) in [5.41, 5.74) is -0.521. The SMILES string of the molecule is CN(C(=O)[C@@H]1C[C@H]2C[C@H]2N1C(=O)OC(C)(C)C)C1CCCCC1. The fraction of sp³-hybridized carbons (Fsp3) is 0.889. The molecule has 1 heterocycles. The number of likely N-dealkylation sites (tertiary alicyclic amines) is 1. The van der Waals surface area contributed by atoms with Gasteiger partial charge in [0.2, 0.25) is 5.91 Å². The van der Waals surface area contributed by atoms with Gasteiger partial charge < -0.3 is 9.64 Å². The molecule has 0 N–H and O–H groups in total. The number of fused-ring (bicyclic) bond motifs is 1. The number of likely N-dealkylation sites (N-methyl/N-ethyl adjacent to an activating group) is 1. The Balaban J connectivity index is 1.68. The van der Waals surface area contributed by atoms with Crippen LogP contribution in [0.15, 0.2) is 0 Å². The Morgan fingerprint density at radius 1 is 1.09 bits per heavy atom. The van der Waals surface area contributed by atoms with Gasteiger partial charge in [-0.3, -0.25) is 9.69 Å². The minimum absolute atomic E-state index is 0.106. The third-order valence-corrected chi connectivity index (χ3v) is 5.46. The minimum atomic E-state index is -0.521. The summed E-state index contributed by atoms with van der Waals surface area (Å²) in [4.78, 5) is 29.2. The van der Waals surface area contributed by atoms with Gasteiger partial charge in [0.05, 0.1) is 0 Å². The van der Waals surface area contributed by atoms with E-state index in [-0.39, 0.29) is 24.1 Å². The highest BCUT2D eigenvalue weighted by Crippen LogP contribution is 2.48. The summed E-state index contributed by atoms with van der Waals surface area (Å²) >= 11 is 0. The van der Waals surface area contributed by atoms with Gasteiger partial charge in [-0.2, -0.15) is 0 Å². The Bertz CT molecular complexity index is 479. The zero-order valence-corrected chi connectivity index (χ0v) is 14.9. The zero-order chi connectivity index (χ0) is 16.8. The van der Waals surface area contributed by atoms with Gasteiger partial charge in [-0.25, -0.2) is 4.79 Å². The van der Waals surface area contributed by atoms with E-state index in [9.17, 15) is 9.59 Å². The molecule has 3 fully saturated rings. The first-order chi connectivity index (χ1) is 10.8. The largest absolute Gasteiger partial charge is 0.444 e. The van der Waals surface area contributed by atoms with Gasteiger partial charge in [0.1, 0.15) is 11.6 Å². The fourth-order valence-corrected chi connectivity index (χ4v) is 4.14. The summed E-state index contributed by atoms with van der Waals surface area (Å²) in [5, 5.41) is 0. The summed E-state index contributed by atoms with van der Waals surface area (Å²) in [6, 6.07) is 0.243. The molecule has 1 aliphatic heterocycles. The molecule has 0 bridgehead atoms. The summed E-state index contributed by atoms with van der Waals surface area (Å²) < 4.78 is 5.54. The minimum Gasteiger partial charge on any atom is -0.444 e. The first kappa shape index (κ1) is 16.6. The molecule has 2 saturated carbocycles. The number of ether oxygens (including phenoxy) is 1. The Labute approximate surface area is 139 Å². The molecule has 2 aliphatic carbocycles. The molecule has 3 rings (SSSR count). The normalized spacial score (nSPS) is 30.8. The van der Waals surface area contributed by atoms with Crippen LogP contribution in [0.5, 0.6) is 0 Å². The predicted octanol–water partition coefficient (Wildman–Crippen LogP) is 3.18. The van der Waals surface area contributed by atoms with Crippen LogP contribution in [0.1, 0.15) is 65.7 Å². The molecule has 0 radical (unpaired) electrons. The zero-order valence-electron chi connectivity index (χ0n) is 14.9. The van der Waals surface area contributed by atoms with E-state index in [1.54, 1.807) is 4.90 Å². The van der Waals surface area contributed by atoms with Crippen molar-refractivity contribution in [1.82, 2.24) is 9.80 Å². The molecule has 23 heavy (non-hydrogen) atoms. The van der Waals surface area contributed by atoms with Crippen LogP contribution in [0.2, 0.25) is 0 Å². The number of hydrogen-bond acceptors (Lipinski definition) is 3. The third kappa shape index (κ3) is 3.48. The lowest BCUT2D eigenvalue weighted by Gasteiger charge is -2.36. The molecule has 0 aromatic heterocycles. The van der Waals surface area contributed by atoms with Gasteiger partial charge in [0.25, 0.3) is 0 Å². The number of piperidine rings is 1. The van der Waals surface area contributed by atoms with E-state index in [4.69, 9.17) is 4.74 Å². The van der Waals surface area contributed by atoms with Crippen molar-refractivity contribution < 1.29 is 14.3 Å². The highest BCUT2D eigenvalue weighted by atomic mass is 16.6. The Kier molecular flexibility index (Phi) is 4.32. The number of carbonyl (C=O) groups is 2. The fourth-order valence-electron chi connectivity index (χ4n) is 4.14. The molecule has 1 saturated heterocycles. The van der Waals surface area contributed by atoms with Crippen LogP contribution < -0.4 is 0 Å². The van der Waals surface area contributed by atoms with Crippen LogP contribution in [0.25, 0.3) is 0 Å². The third-order valence-electron chi connectivity index (χ3n) is 5.46. The Hall–Kier alpha value is -1.26. The van der Waals surface area contributed by atoms with E-state index in [1.165, 1.54) is 19.3 Å². The molecule has 5 nitrogen and oxygen atoms in total. The van der Waals surface area contributed by atoms with Crippen molar-refractivity contribution in [3.8, 4) is 0 Å². The average Bonchev–Trinajstić information content (AvgIpc) is 3.14. The number of hydrogen-bond donors (Lipinski definition) is 0. The van der Waals surface area contributed by atoms with E-state index in [2.05, 4.69) is 0 Å². The van der Waals surface area contributed by atoms with Gasteiger partial charge in [0, 0.05) is 19.1 Å². The predicted molar refractivity (Wildman–Crippen MR) is 88.0 cm³/mol. The summed E-state index contributed by atoms with van der Waals surface area (Å²) in [7, 11) is 1.91. The molecule has 0 spiro atoms. The van der Waals surface area contributed by atoms with E-state index in [0.717, 1.165) is 25.7 Å². The number of rotatable bonds is 2. The van der Waals surface area contributed by atoms with E-state index >= 15 is 0 Å². The first-order valence-electron chi connectivity index (χ1n) is 9.06. The molecular formula is C18H30N2O3. The van der Waals surface area contributed by atoms with Crippen LogP contribution in [0, 0.1) is 5.92 Å². The second-order valence-electron chi connectivity index (χ2n) is 8.44. The standard InChI is InChI=1S/C18H30N2O3/c1-18(2,3)23-17(22)20-14-10-12(14)11-15(20)16(21)19(4)13-8-6-5-7-9-13/h12-15H,5-11H2,1-4H3/t12-,14-,15+/m1/s1. The number of carbonyl (C=O) groups excluding carboxylic acids is 2. The maximum absolute atomic E-state index is 13.0. The maximum Gasteiger partial charge on any atom is 0.411 e. The van der Waals surface area contributed by atoms with Crippen molar-refractivity contribution in [1.29, 1.82) is 0 Å². The number of amides is 2. The second kappa shape index (κ2) is 5.99. The highest BCUT2D eigenvalue weighted by Gasteiger charge is 2.57. The van der Waals surface area contributed by atoms with Gasteiger partial charge in [-0.05, 0) is 52.4 Å². The van der Waals surface area contributed by atoms with E-state index in [1.807, 2.05) is 32.7 Å². The van der Waals surface area contributed by atoms with Crippen molar-refractivity contribution in [3.63, 3.8) is 0 Å². The van der Waals surface area contributed by atoms with Crippen molar-refractivity contribution in [2.45, 2.75) is 89.4 Å². The molecular weight excluding hydrogens is 292 g/mol. The van der Waals surface area contributed by atoms with Crippen LogP contribution in [0.3, 0.4) is 0 Å². The quantitative estimate of drug-likeness (QED) is 0.784. The van der Waals surface area contributed by atoms with E-state index in [0.29, 0.717) is 12.0 Å². The molecule has 3 aliphatic rings. The van der Waals surface area contributed by atoms with Crippen LogP contribution in [-0.2, 0) is 9.53 Å². The number of nitrogens with zero attached hydrogens (tertiary/aromatic N) is 2. The molecule has 0 aromatic rings. The van der Waals surface area contributed by atoms with Crippen LogP contribution in [-0.4, -0.2) is 52.6 Å². The molecule has 0 aromatic carbocycles. The van der Waals surface area contributed by atoms with Gasteiger partial charge in [-0.1, -0.05) is 19.3 Å². The highest BCUT2D eigenvalue weighted by molar-refractivity contribution is 5.87. The molecule has 130 valence electrons. The van der Waals surface area contributed by atoms with Gasteiger partial charge in [0.15, 0.2) is 0 Å². The smallest absolute Gasteiger partial charge is 0.411 e. The van der Waals surface area contributed by atoms with Crippen LogP contribution in [0.4, 0.5) is 4.79 Å². The second-order valence-corrected chi connectivity index (χ2v) is 8.44. The molecule has 5 heteroatoms. The summed E-state index contributed by atoms with van der Waals surface area (Å²) in [6.07, 6.45) is 7.37. The lowest BCUT2D eigenvalue weighted by atomic mass is 9.94. The molecule has 2 amide bonds. The average molecular weight is 322 g/mol. The van der Waals surface area contributed by atoms with E-state index < -0.39 is 5.60 Å². The lowest BCUT2D eigenvalue weighted by Crippen LogP contribution is -2.52. The first-order valence-corrected chi connectivity index (χ1v) is 9.06. The Morgan fingerprint density at radius 2 is 1.74 bits per heavy atom. The lowest BCUT2D eigenvalue weighted by molar-refractivity contribution is -0.137. The topological polar surface area (TPSA) is 49.9 Å². The summed E-state index contributed by atoms with van der Waals surface area (Å²) in [5.74, 6) is 0.603. The molecule has 3 atom stereocenters. The van der Waals surface area contributed by atoms with Gasteiger partial charge >= 0.3 is 6.09 Å². The van der Waals surface area contributed by atoms with Crippen LogP contribution >= 0.6 is 0 Å². The monoisotopic (exact) mass is 322 g/mol. The van der Waals surface area contributed by atoms with Crippen molar-refractivity contribution in [2.75, 3.05) is 7.05 Å². The Morgan fingerprint density at radius 3 is 2.35 bits per heavy atom. The summed E-state index contributed by atoms with van der Waals surface area (Å²) in [6.45, 7) is 5.61.